The van der Waals surface area contributed by atoms with Crippen molar-refractivity contribution >= 4 is 17.5 Å². The first-order valence-electron chi connectivity index (χ1n) is 6.71. The molecule has 4 heteroatoms. The van der Waals surface area contributed by atoms with Gasteiger partial charge in [0.2, 0.25) is 0 Å². The summed E-state index contributed by atoms with van der Waals surface area (Å²) in [7, 11) is 0. The highest BCUT2D eigenvalue weighted by Gasteiger charge is 2.16. The smallest absolute Gasteiger partial charge is 0.262 e. The summed E-state index contributed by atoms with van der Waals surface area (Å²) in [6.45, 7) is 5.78. The Kier molecular flexibility index (Phi) is 6.27. The van der Waals surface area contributed by atoms with Crippen LogP contribution in [0.4, 0.5) is 0 Å². The third-order valence-corrected chi connectivity index (χ3v) is 3.52. The third-order valence-electron chi connectivity index (χ3n) is 3.26. The van der Waals surface area contributed by atoms with Gasteiger partial charge in [0.05, 0.1) is 6.04 Å². The molecule has 0 heterocycles. The largest absolute Gasteiger partial charge is 0.345 e. The SMILES string of the molecule is CCC(CC)=C(C#N)C(=O)NC(C)c1ccc(Cl)cc1. The molecule has 0 aliphatic rings. The van der Waals surface area contributed by atoms with Gasteiger partial charge in [0.25, 0.3) is 5.91 Å². The van der Waals surface area contributed by atoms with Crippen molar-refractivity contribution in [2.75, 3.05) is 0 Å². The standard InChI is InChI=1S/C16H19ClN2O/c1-4-12(5-2)15(10-18)16(20)19-11(3)13-6-8-14(17)9-7-13/h6-9,11H,4-5H2,1-3H3,(H,19,20). The Morgan fingerprint density at radius 1 is 1.30 bits per heavy atom. The lowest BCUT2D eigenvalue weighted by Crippen LogP contribution is -2.28. The zero-order valence-electron chi connectivity index (χ0n) is 12.0. The van der Waals surface area contributed by atoms with Crippen LogP contribution in [0.2, 0.25) is 5.02 Å². The van der Waals surface area contributed by atoms with Crippen LogP contribution in [-0.2, 0) is 4.79 Å². The fraction of sp³-hybridized carbons (Fsp3) is 0.375. The summed E-state index contributed by atoms with van der Waals surface area (Å²) in [5.74, 6) is -0.311. The number of carbonyl (C=O) groups excluding carboxylic acids is 1. The van der Waals surface area contributed by atoms with Crippen molar-refractivity contribution in [2.24, 2.45) is 0 Å². The summed E-state index contributed by atoms with van der Waals surface area (Å²) in [4.78, 5) is 12.2. The molecule has 1 amide bonds. The van der Waals surface area contributed by atoms with Gasteiger partial charge in [0.1, 0.15) is 11.6 Å². The molecule has 1 atom stereocenters. The second-order valence-corrected chi connectivity index (χ2v) is 4.98. The zero-order chi connectivity index (χ0) is 15.1. The van der Waals surface area contributed by atoms with Crippen LogP contribution >= 0.6 is 11.6 Å². The summed E-state index contributed by atoms with van der Waals surface area (Å²) in [5, 5.41) is 12.7. The average Bonchev–Trinajstić information content (AvgIpc) is 2.44. The van der Waals surface area contributed by atoms with E-state index in [-0.39, 0.29) is 17.5 Å². The van der Waals surface area contributed by atoms with Gasteiger partial charge in [0, 0.05) is 5.02 Å². The molecule has 0 spiro atoms. The summed E-state index contributed by atoms with van der Waals surface area (Å²) in [5.41, 5.74) is 2.07. The highest BCUT2D eigenvalue weighted by molar-refractivity contribution is 6.30. The molecule has 3 nitrogen and oxygen atoms in total. The van der Waals surface area contributed by atoms with E-state index in [0.717, 1.165) is 11.1 Å². The highest BCUT2D eigenvalue weighted by atomic mass is 35.5. The van der Waals surface area contributed by atoms with Crippen LogP contribution in [0, 0.1) is 11.3 Å². The van der Waals surface area contributed by atoms with Crippen molar-refractivity contribution in [3.8, 4) is 6.07 Å². The van der Waals surface area contributed by atoms with Crippen LogP contribution < -0.4 is 5.32 Å². The van der Waals surface area contributed by atoms with E-state index in [2.05, 4.69) is 5.32 Å². The lowest BCUT2D eigenvalue weighted by atomic mass is 10.0. The number of nitrogens with one attached hydrogen (secondary N) is 1. The Balaban J connectivity index is 2.87. The van der Waals surface area contributed by atoms with E-state index in [9.17, 15) is 4.79 Å². The van der Waals surface area contributed by atoms with E-state index in [4.69, 9.17) is 16.9 Å². The Labute approximate surface area is 125 Å². The molecule has 20 heavy (non-hydrogen) atoms. The maximum absolute atomic E-state index is 12.2. The predicted molar refractivity (Wildman–Crippen MR) is 81.2 cm³/mol. The Morgan fingerprint density at radius 3 is 2.30 bits per heavy atom. The van der Waals surface area contributed by atoms with Gasteiger partial charge < -0.3 is 5.32 Å². The minimum absolute atomic E-state index is 0.168. The number of hydrogen-bond donors (Lipinski definition) is 1. The minimum atomic E-state index is -0.311. The maximum atomic E-state index is 12.2. The molecule has 1 aromatic carbocycles. The molecule has 0 aliphatic heterocycles. The first-order chi connectivity index (χ1) is 9.53. The number of nitrogens with zero attached hydrogens (tertiary/aromatic N) is 1. The molecule has 1 unspecified atom stereocenters. The average molecular weight is 291 g/mol. The van der Waals surface area contributed by atoms with Gasteiger partial charge in [-0.3, -0.25) is 4.79 Å². The topological polar surface area (TPSA) is 52.9 Å². The molecule has 0 aromatic heterocycles. The van der Waals surface area contributed by atoms with Gasteiger partial charge in [0.15, 0.2) is 0 Å². The van der Waals surface area contributed by atoms with Crippen molar-refractivity contribution in [2.45, 2.75) is 39.7 Å². The Bertz CT molecular complexity index is 535. The van der Waals surface area contributed by atoms with E-state index in [1.54, 1.807) is 12.1 Å². The molecule has 106 valence electrons. The number of nitriles is 1. The van der Waals surface area contributed by atoms with Crippen molar-refractivity contribution < 1.29 is 4.79 Å². The van der Waals surface area contributed by atoms with Crippen molar-refractivity contribution in [1.82, 2.24) is 5.32 Å². The van der Waals surface area contributed by atoms with Gasteiger partial charge >= 0.3 is 0 Å². The Morgan fingerprint density at radius 2 is 1.85 bits per heavy atom. The van der Waals surface area contributed by atoms with Crippen molar-refractivity contribution in [1.29, 1.82) is 5.26 Å². The van der Waals surface area contributed by atoms with E-state index in [1.165, 1.54) is 0 Å². The van der Waals surface area contributed by atoms with Gasteiger partial charge in [-0.05, 0) is 43.0 Å². The van der Waals surface area contributed by atoms with E-state index in [1.807, 2.05) is 39.0 Å². The summed E-state index contributed by atoms with van der Waals surface area (Å²) >= 11 is 5.84. The number of benzene rings is 1. The van der Waals surface area contributed by atoms with Crippen LogP contribution in [0.5, 0.6) is 0 Å². The highest BCUT2D eigenvalue weighted by Crippen LogP contribution is 2.18. The molecular weight excluding hydrogens is 272 g/mol. The number of hydrogen-bond acceptors (Lipinski definition) is 2. The number of carbonyl (C=O) groups is 1. The van der Waals surface area contributed by atoms with Crippen LogP contribution in [0.1, 0.15) is 45.2 Å². The van der Waals surface area contributed by atoms with Gasteiger partial charge in [-0.15, -0.1) is 0 Å². The molecule has 1 rings (SSSR count). The minimum Gasteiger partial charge on any atom is -0.345 e. The summed E-state index contributed by atoms with van der Waals surface area (Å²) in [6.07, 6.45) is 1.42. The molecule has 0 saturated heterocycles. The van der Waals surface area contributed by atoms with E-state index < -0.39 is 0 Å². The van der Waals surface area contributed by atoms with Crippen molar-refractivity contribution in [3.05, 3.63) is 46.0 Å². The lowest BCUT2D eigenvalue weighted by molar-refractivity contribution is -0.117. The molecule has 0 fully saturated rings. The molecule has 0 radical (unpaired) electrons. The number of rotatable bonds is 5. The fourth-order valence-corrected chi connectivity index (χ4v) is 2.12. The van der Waals surface area contributed by atoms with Crippen LogP contribution in [-0.4, -0.2) is 5.91 Å². The third kappa shape index (κ3) is 4.11. The number of halogens is 1. The summed E-state index contributed by atoms with van der Waals surface area (Å²) < 4.78 is 0. The van der Waals surface area contributed by atoms with Crippen LogP contribution in [0.15, 0.2) is 35.4 Å². The molecule has 1 aromatic rings. The predicted octanol–water partition coefficient (Wildman–Crippen LogP) is 4.16. The van der Waals surface area contributed by atoms with E-state index in [0.29, 0.717) is 17.9 Å². The van der Waals surface area contributed by atoms with Gasteiger partial charge in [-0.1, -0.05) is 37.6 Å². The summed E-state index contributed by atoms with van der Waals surface area (Å²) in [6, 6.07) is 9.14. The number of allylic oxidation sites excluding steroid dienone is 1. The monoisotopic (exact) mass is 290 g/mol. The maximum Gasteiger partial charge on any atom is 0.262 e. The zero-order valence-corrected chi connectivity index (χ0v) is 12.8. The van der Waals surface area contributed by atoms with Gasteiger partial charge in [-0.2, -0.15) is 5.26 Å². The van der Waals surface area contributed by atoms with E-state index >= 15 is 0 Å². The second-order valence-electron chi connectivity index (χ2n) is 4.54. The molecular formula is C16H19ClN2O. The molecule has 1 N–H and O–H groups in total. The first kappa shape index (κ1) is 16.3. The quantitative estimate of drug-likeness (QED) is 0.654. The second kappa shape index (κ2) is 7.72. The van der Waals surface area contributed by atoms with Crippen molar-refractivity contribution in [3.63, 3.8) is 0 Å². The molecule has 0 saturated carbocycles. The Hall–Kier alpha value is -1.79. The van der Waals surface area contributed by atoms with Crippen LogP contribution in [0.25, 0.3) is 0 Å². The molecule has 0 bridgehead atoms. The fourth-order valence-electron chi connectivity index (χ4n) is 2.00. The molecule has 0 aliphatic carbocycles. The van der Waals surface area contributed by atoms with Gasteiger partial charge in [-0.25, -0.2) is 0 Å². The normalized spacial score (nSPS) is 11.3. The number of amides is 1. The van der Waals surface area contributed by atoms with Crippen LogP contribution in [0.3, 0.4) is 0 Å². The first-order valence-corrected chi connectivity index (χ1v) is 7.09. The lowest BCUT2D eigenvalue weighted by Gasteiger charge is -2.15.